The van der Waals surface area contributed by atoms with E-state index in [4.69, 9.17) is 4.74 Å². The maximum Gasteiger partial charge on any atom is 0.416 e. The lowest BCUT2D eigenvalue weighted by molar-refractivity contribution is -0.137. The van der Waals surface area contributed by atoms with E-state index in [1.54, 1.807) is 12.1 Å². The maximum atomic E-state index is 13.3. The van der Waals surface area contributed by atoms with Crippen LogP contribution in [-0.4, -0.2) is 58.8 Å². The molecule has 1 aliphatic heterocycles. The number of rotatable bonds is 4. The molecule has 4 rings (SSSR count). The van der Waals surface area contributed by atoms with Crippen LogP contribution in [0.3, 0.4) is 0 Å². The third kappa shape index (κ3) is 4.90. The summed E-state index contributed by atoms with van der Waals surface area (Å²) < 4.78 is 46.4. The Hall–Kier alpha value is -3.42. The van der Waals surface area contributed by atoms with E-state index in [9.17, 15) is 18.0 Å². The number of hydrogen-bond donors (Lipinski definition) is 1. The molecular formula is C22H20F3N5O2. The third-order valence-electron chi connectivity index (χ3n) is 5.00. The zero-order chi connectivity index (χ0) is 22.6. The van der Waals surface area contributed by atoms with Gasteiger partial charge >= 0.3 is 11.9 Å². The molecule has 1 N–H and O–H groups in total. The topological polar surface area (TPSA) is 72.3 Å². The Morgan fingerprint density at radius 3 is 2.69 bits per heavy atom. The minimum atomic E-state index is -4.55. The lowest BCUT2D eigenvalue weighted by atomic mass is 10.1. The molecule has 10 heteroatoms. The Morgan fingerprint density at radius 2 is 1.97 bits per heavy atom. The number of nitrogens with zero attached hydrogens (tertiary/aromatic N) is 4. The van der Waals surface area contributed by atoms with Crippen molar-refractivity contribution < 1.29 is 17.9 Å². The second-order valence-corrected chi connectivity index (χ2v) is 7.11. The van der Waals surface area contributed by atoms with Gasteiger partial charge in [0.1, 0.15) is 5.82 Å². The summed E-state index contributed by atoms with van der Waals surface area (Å²) in [5.74, 6) is 6.19. The summed E-state index contributed by atoms with van der Waals surface area (Å²) >= 11 is 0. The molecule has 0 bridgehead atoms. The highest BCUT2D eigenvalue weighted by Crippen LogP contribution is 2.33. The van der Waals surface area contributed by atoms with Crippen molar-refractivity contribution in [1.29, 1.82) is 0 Å². The first kappa shape index (κ1) is 21.8. The molecule has 32 heavy (non-hydrogen) atoms. The van der Waals surface area contributed by atoms with Gasteiger partial charge in [0, 0.05) is 24.7 Å². The molecule has 2 aromatic heterocycles. The van der Waals surface area contributed by atoms with Gasteiger partial charge in [-0.25, -0.2) is 4.79 Å². The summed E-state index contributed by atoms with van der Waals surface area (Å²) in [5, 5.41) is 3.34. The van der Waals surface area contributed by atoms with Crippen LogP contribution < -0.4 is 11.0 Å². The van der Waals surface area contributed by atoms with Gasteiger partial charge in [-0.15, -0.1) is 0 Å². The molecule has 0 radical (unpaired) electrons. The van der Waals surface area contributed by atoms with Crippen molar-refractivity contribution in [3.8, 4) is 17.5 Å². The first-order chi connectivity index (χ1) is 15.4. The average Bonchev–Trinajstić information content (AvgIpc) is 2.79. The normalized spacial score (nSPS) is 14.7. The second-order valence-electron chi connectivity index (χ2n) is 7.11. The maximum absolute atomic E-state index is 13.3. The molecule has 0 spiro atoms. The molecule has 0 unspecified atom stereocenters. The summed E-state index contributed by atoms with van der Waals surface area (Å²) in [7, 11) is 0. The van der Waals surface area contributed by atoms with E-state index >= 15 is 0 Å². The monoisotopic (exact) mass is 443 g/mol. The number of fused-ring (bicyclic) bond motifs is 1. The lowest BCUT2D eigenvalue weighted by Crippen LogP contribution is -2.36. The Balaban J connectivity index is 1.66. The zero-order valence-electron chi connectivity index (χ0n) is 17.0. The van der Waals surface area contributed by atoms with Crippen LogP contribution in [0.15, 0.2) is 47.5 Å². The Labute approximate surface area is 181 Å². The van der Waals surface area contributed by atoms with Crippen molar-refractivity contribution in [3.05, 3.63) is 58.8 Å². The Morgan fingerprint density at radius 1 is 1.16 bits per heavy atom. The minimum absolute atomic E-state index is 0.0802. The van der Waals surface area contributed by atoms with Crippen LogP contribution >= 0.6 is 0 Å². The molecule has 1 aliphatic rings. The van der Waals surface area contributed by atoms with Gasteiger partial charge in [0.05, 0.1) is 49.3 Å². The van der Waals surface area contributed by atoms with Gasteiger partial charge in [0.2, 0.25) is 0 Å². The molecule has 7 nitrogen and oxygen atoms in total. The number of anilines is 1. The van der Waals surface area contributed by atoms with Gasteiger partial charge in [-0.2, -0.15) is 18.2 Å². The number of halogens is 3. The number of hydrogen-bond acceptors (Lipinski definition) is 6. The van der Waals surface area contributed by atoms with Gasteiger partial charge in [-0.05, 0) is 30.3 Å². The van der Waals surface area contributed by atoms with E-state index in [0.29, 0.717) is 30.8 Å². The predicted octanol–water partition coefficient (Wildman–Crippen LogP) is 2.55. The number of pyridine rings is 1. The molecule has 0 saturated carbocycles. The standard InChI is InChI=1S/C22H20F3N5O2/c23-22(24,25)16-5-6-18-19(14-16)30(17-4-3-7-26-15-17)21(31)28-20(18)27-8-1-2-9-29-10-12-32-13-11-29/h3-7,14-15H,8-13H2,(H,27,28,31). The van der Waals surface area contributed by atoms with Gasteiger partial charge in [0.15, 0.2) is 0 Å². The van der Waals surface area contributed by atoms with E-state index in [-0.39, 0.29) is 17.9 Å². The van der Waals surface area contributed by atoms with Gasteiger partial charge in [0.25, 0.3) is 0 Å². The fraction of sp³-hybridized carbons (Fsp3) is 0.318. The molecule has 3 heterocycles. The summed E-state index contributed by atoms with van der Waals surface area (Å²) in [6.07, 6.45) is -1.64. The molecule has 0 atom stereocenters. The van der Waals surface area contributed by atoms with Crippen molar-refractivity contribution >= 4 is 16.7 Å². The summed E-state index contributed by atoms with van der Waals surface area (Å²) in [6, 6.07) is 6.40. The van der Waals surface area contributed by atoms with Crippen LogP contribution in [-0.2, 0) is 10.9 Å². The molecule has 1 fully saturated rings. The summed E-state index contributed by atoms with van der Waals surface area (Å²) in [6.45, 7) is 3.80. The van der Waals surface area contributed by atoms with Crippen LogP contribution in [0.2, 0.25) is 0 Å². The predicted molar refractivity (Wildman–Crippen MR) is 114 cm³/mol. The van der Waals surface area contributed by atoms with Crippen LogP contribution in [0, 0.1) is 11.8 Å². The smallest absolute Gasteiger partial charge is 0.379 e. The van der Waals surface area contributed by atoms with Crippen molar-refractivity contribution in [3.63, 3.8) is 0 Å². The molecule has 166 valence electrons. The highest BCUT2D eigenvalue weighted by molar-refractivity contribution is 5.91. The quantitative estimate of drug-likeness (QED) is 0.625. The third-order valence-corrected chi connectivity index (χ3v) is 5.00. The lowest BCUT2D eigenvalue weighted by Gasteiger charge is -2.24. The number of alkyl halides is 3. The number of ether oxygens (including phenoxy) is 1. The molecule has 0 aliphatic carbocycles. The van der Waals surface area contributed by atoms with Crippen molar-refractivity contribution in [2.24, 2.45) is 0 Å². The Kier molecular flexibility index (Phi) is 6.39. The average molecular weight is 443 g/mol. The fourth-order valence-electron chi connectivity index (χ4n) is 3.39. The highest BCUT2D eigenvalue weighted by atomic mass is 19.4. The summed E-state index contributed by atoms with van der Waals surface area (Å²) in [4.78, 5) is 22.9. The zero-order valence-corrected chi connectivity index (χ0v) is 17.0. The number of aromatic nitrogens is 3. The van der Waals surface area contributed by atoms with Crippen LogP contribution in [0.4, 0.5) is 19.0 Å². The highest BCUT2D eigenvalue weighted by Gasteiger charge is 2.31. The minimum Gasteiger partial charge on any atom is -0.379 e. The fourth-order valence-corrected chi connectivity index (χ4v) is 3.39. The molecule has 1 saturated heterocycles. The van der Waals surface area contributed by atoms with Crippen LogP contribution in [0.25, 0.3) is 16.6 Å². The van der Waals surface area contributed by atoms with Crippen molar-refractivity contribution in [1.82, 2.24) is 19.4 Å². The second kappa shape index (κ2) is 9.38. The molecule has 1 aromatic carbocycles. The summed E-state index contributed by atoms with van der Waals surface area (Å²) in [5.41, 5.74) is -1.17. The van der Waals surface area contributed by atoms with Crippen LogP contribution in [0.5, 0.6) is 0 Å². The van der Waals surface area contributed by atoms with Gasteiger partial charge in [-0.1, -0.05) is 11.8 Å². The van der Waals surface area contributed by atoms with E-state index in [1.807, 2.05) is 0 Å². The van der Waals surface area contributed by atoms with E-state index in [1.165, 1.54) is 18.5 Å². The number of morpholine rings is 1. The first-order valence-corrected chi connectivity index (χ1v) is 9.97. The molecular weight excluding hydrogens is 423 g/mol. The van der Waals surface area contributed by atoms with E-state index in [0.717, 1.165) is 29.8 Å². The van der Waals surface area contributed by atoms with Gasteiger partial charge in [-0.3, -0.25) is 14.5 Å². The largest absolute Gasteiger partial charge is 0.416 e. The van der Waals surface area contributed by atoms with Crippen molar-refractivity contribution in [2.45, 2.75) is 6.18 Å². The van der Waals surface area contributed by atoms with E-state index in [2.05, 4.69) is 32.0 Å². The van der Waals surface area contributed by atoms with E-state index < -0.39 is 17.4 Å². The number of nitrogens with one attached hydrogen (secondary N) is 1. The SMILES string of the molecule is O=c1nc(NCC#CCN2CCOCC2)c2ccc(C(F)(F)F)cc2n1-c1cccnc1. The first-order valence-electron chi connectivity index (χ1n) is 9.97. The van der Waals surface area contributed by atoms with Crippen molar-refractivity contribution in [2.75, 3.05) is 44.7 Å². The van der Waals surface area contributed by atoms with Crippen LogP contribution in [0.1, 0.15) is 5.56 Å². The van der Waals surface area contributed by atoms with Gasteiger partial charge < -0.3 is 10.1 Å². The molecule has 3 aromatic rings. The molecule has 0 amide bonds. The number of benzene rings is 1. The Bertz CT molecular complexity index is 1210.